The number of benzene rings is 1. The number of thiophene rings is 1. The Hall–Kier alpha value is -1.36. The highest BCUT2D eigenvalue weighted by molar-refractivity contribution is 7.10. The normalized spacial score (nSPS) is 12.4. The van der Waals surface area contributed by atoms with Gasteiger partial charge in [-0.15, -0.1) is 11.3 Å². The number of nitrogens with two attached hydrogens (primary N) is 1. The van der Waals surface area contributed by atoms with Gasteiger partial charge in [0.05, 0.1) is 18.0 Å². The molecule has 0 saturated heterocycles. The van der Waals surface area contributed by atoms with E-state index in [0.29, 0.717) is 0 Å². The van der Waals surface area contributed by atoms with Gasteiger partial charge in [0.2, 0.25) is 0 Å². The Morgan fingerprint density at radius 2 is 2.00 bits per heavy atom. The summed E-state index contributed by atoms with van der Waals surface area (Å²) in [6.45, 7) is 0. The van der Waals surface area contributed by atoms with Crippen molar-refractivity contribution in [3.8, 4) is 5.75 Å². The molecule has 0 aliphatic carbocycles. The molecule has 84 valence electrons. The summed E-state index contributed by atoms with van der Waals surface area (Å²) < 4.78 is 5.30. The molecule has 2 rings (SSSR count). The summed E-state index contributed by atoms with van der Waals surface area (Å²) in [5.74, 6) is 6.49. The average molecular weight is 234 g/mol. The van der Waals surface area contributed by atoms with E-state index in [4.69, 9.17) is 10.6 Å². The molecular formula is C12H14N2OS. The Morgan fingerprint density at radius 3 is 2.62 bits per heavy atom. The van der Waals surface area contributed by atoms with Gasteiger partial charge in [0.15, 0.2) is 0 Å². The predicted molar refractivity (Wildman–Crippen MR) is 66.5 cm³/mol. The number of hydrazine groups is 1. The summed E-state index contributed by atoms with van der Waals surface area (Å²) >= 11 is 1.63. The molecule has 4 heteroatoms. The molecule has 1 atom stereocenters. The zero-order chi connectivity index (χ0) is 11.4. The summed E-state index contributed by atoms with van der Waals surface area (Å²) in [4.78, 5) is 1.09. The fourth-order valence-electron chi connectivity index (χ4n) is 1.66. The lowest BCUT2D eigenvalue weighted by atomic mass is 10.1. The number of methoxy groups -OCH3 is 1. The van der Waals surface area contributed by atoms with E-state index in [1.807, 2.05) is 41.8 Å². The molecule has 0 radical (unpaired) electrons. The minimum absolute atomic E-state index is 0.0175. The molecule has 0 aliphatic rings. The molecule has 16 heavy (non-hydrogen) atoms. The van der Waals surface area contributed by atoms with Crippen LogP contribution >= 0.6 is 11.3 Å². The zero-order valence-corrected chi connectivity index (χ0v) is 9.83. The highest BCUT2D eigenvalue weighted by Crippen LogP contribution is 2.33. The second-order valence-electron chi connectivity index (χ2n) is 3.36. The van der Waals surface area contributed by atoms with E-state index in [2.05, 4.69) is 5.43 Å². The molecule has 3 N–H and O–H groups in total. The van der Waals surface area contributed by atoms with E-state index in [1.54, 1.807) is 18.4 Å². The van der Waals surface area contributed by atoms with Crippen LogP contribution in [0.1, 0.15) is 16.5 Å². The van der Waals surface area contributed by atoms with Gasteiger partial charge in [-0.1, -0.05) is 30.3 Å². The quantitative estimate of drug-likeness (QED) is 0.630. The number of rotatable bonds is 4. The molecule has 0 aliphatic heterocycles. The van der Waals surface area contributed by atoms with Gasteiger partial charge in [-0.25, -0.2) is 5.43 Å². The van der Waals surface area contributed by atoms with Crippen LogP contribution in [0.4, 0.5) is 0 Å². The van der Waals surface area contributed by atoms with Crippen LogP contribution in [0.15, 0.2) is 41.8 Å². The van der Waals surface area contributed by atoms with E-state index in [9.17, 15) is 0 Å². The second kappa shape index (κ2) is 5.12. The van der Waals surface area contributed by atoms with Crippen LogP contribution in [0.5, 0.6) is 5.75 Å². The molecule has 1 unspecified atom stereocenters. The predicted octanol–water partition coefficient (Wildman–Crippen LogP) is 2.31. The number of nitrogens with one attached hydrogen (secondary N) is 1. The van der Waals surface area contributed by atoms with Crippen LogP contribution in [0, 0.1) is 0 Å². The summed E-state index contributed by atoms with van der Waals surface area (Å²) in [6, 6.07) is 12.0. The Balaban J connectivity index is 2.37. The van der Waals surface area contributed by atoms with Crippen LogP contribution in [0.3, 0.4) is 0 Å². The molecule has 0 spiro atoms. The van der Waals surface area contributed by atoms with Gasteiger partial charge < -0.3 is 4.74 Å². The molecule has 0 bridgehead atoms. The standard InChI is InChI=1S/C12H14N2OS/c1-15-10-7-8-16-12(10)11(14-13)9-5-3-2-4-6-9/h2-8,11,14H,13H2,1H3. The SMILES string of the molecule is COc1ccsc1C(NN)c1ccccc1. The maximum Gasteiger partial charge on any atom is 0.134 e. The maximum atomic E-state index is 5.62. The van der Waals surface area contributed by atoms with Crippen LogP contribution in [-0.4, -0.2) is 7.11 Å². The Labute approximate surface area is 98.8 Å². The van der Waals surface area contributed by atoms with Crippen molar-refractivity contribution in [1.82, 2.24) is 5.43 Å². The first-order chi connectivity index (χ1) is 7.86. The largest absolute Gasteiger partial charge is 0.496 e. The van der Waals surface area contributed by atoms with Crippen molar-refractivity contribution in [2.45, 2.75) is 6.04 Å². The highest BCUT2D eigenvalue weighted by Gasteiger charge is 2.17. The van der Waals surface area contributed by atoms with E-state index in [-0.39, 0.29) is 6.04 Å². The molecule has 0 saturated carbocycles. The van der Waals surface area contributed by atoms with Crippen LogP contribution in [0.25, 0.3) is 0 Å². The lowest BCUT2D eigenvalue weighted by Gasteiger charge is -2.16. The lowest BCUT2D eigenvalue weighted by molar-refractivity contribution is 0.408. The molecule has 1 heterocycles. The van der Waals surface area contributed by atoms with Crippen molar-refractivity contribution >= 4 is 11.3 Å². The second-order valence-corrected chi connectivity index (χ2v) is 4.31. The fraction of sp³-hybridized carbons (Fsp3) is 0.167. The average Bonchev–Trinajstić information content (AvgIpc) is 2.80. The first-order valence-corrected chi connectivity index (χ1v) is 5.87. The van der Waals surface area contributed by atoms with Crippen molar-refractivity contribution in [3.05, 3.63) is 52.2 Å². The van der Waals surface area contributed by atoms with Crippen LogP contribution in [-0.2, 0) is 0 Å². The van der Waals surface area contributed by atoms with Gasteiger partial charge >= 0.3 is 0 Å². The van der Waals surface area contributed by atoms with Gasteiger partial charge in [0, 0.05) is 0 Å². The van der Waals surface area contributed by atoms with E-state index in [0.717, 1.165) is 16.2 Å². The van der Waals surface area contributed by atoms with E-state index >= 15 is 0 Å². The zero-order valence-electron chi connectivity index (χ0n) is 9.01. The van der Waals surface area contributed by atoms with Gasteiger partial charge in [-0.3, -0.25) is 5.84 Å². The monoisotopic (exact) mass is 234 g/mol. The molecule has 1 aromatic heterocycles. The van der Waals surface area contributed by atoms with Crippen LogP contribution < -0.4 is 16.0 Å². The molecule has 0 fully saturated rings. The first-order valence-electron chi connectivity index (χ1n) is 4.99. The number of hydrogen-bond acceptors (Lipinski definition) is 4. The smallest absolute Gasteiger partial charge is 0.134 e. The maximum absolute atomic E-state index is 5.62. The van der Waals surface area contributed by atoms with Gasteiger partial charge in [-0.2, -0.15) is 0 Å². The van der Waals surface area contributed by atoms with Crippen molar-refractivity contribution in [1.29, 1.82) is 0 Å². The van der Waals surface area contributed by atoms with E-state index in [1.165, 1.54) is 0 Å². The highest BCUT2D eigenvalue weighted by atomic mass is 32.1. The van der Waals surface area contributed by atoms with E-state index < -0.39 is 0 Å². The molecule has 0 amide bonds. The first kappa shape index (κ1) is 11.1. The Bertz CT molecular complexity index is 441. The minimum Gasteiger partial charge on any atom is -0.496 e. The summed E-state index contributed by atoms with van der Waals surface area (Å²) in [7, 11) is 1.67. The topological polar surface area (TPSA) is 47.3 Å². The van der Waals surface area contributed by atoms with Gasteiger partial charge in [0.1, 0.15) is 5.75 Å². The summed E-state index contributed by atoms with van der Waals surface area (Å²) in [5, 5.41) is 2.00. The fourth-order valence-corrected chi connectivity index (χ4v) is 2.60. The van der Waals surface area contributed by atoms with Gasteiger partial charge in [0.25, 0.3) is 0 Å². The number of hydrogen-bond donors (Lipinski definition) is 2. The molecular weight excluding hydrogens is 220 g/mol. The summed E-state index contributed by atoms with van der Waals surface area (Å²) in [6.07, 6.45) is 0. The third kappa shape index (κ3) is 2.09. The Kier molecular flexibility index (Phi) is 3.56. The Morgan fingerprint density at radius 1 is 1.25 bits per heavy atom. The van der Waals surface area contributed by atoms with Crippen molar-refractivity contribution < 1.29 is 4.74 Å². The van der Waals surface area contributed by atoms with Gasteiger partial charge in [-0.05, 0) is 17.0 Å². The van der Waals surface area contributed by atoms with Crippen LogP contribution in [0.2, 0.25) is 0 Å². The third-order valence-electron chi connectivity index (χ3n) is 2.44. The minimum atomic E-state index is -0.0175. The van der Waals surface area contributed by atoms with Crippen molar-refractivity contribution in [3.63, 3.8) is 0 Å². The molecule has 2 aromatic rings. The van der Waals surface area contributed by atoms with Crippen molar-refractivity contribution in [2.75, 3.05) is 7.11 Å². The van der Waals surface area contributed by atoms with Crippen molar-refractivity contribution in [2.24, 2.45) is 5.84 Å². The molecule has 1 aromatic carbocycles. The molecule has 3 nitrogen and oxygen atoms in total. The number of ether oxygens (including phenoxy) is 1. The summed E-state index contributed by atoms with van der Waals surface area (Å²) in [5.41, 5.74) is 3.96. The third-order valence-corrected chi connectivity index (χ3v) is 3.40. The lowest BCUT2D eigenvalue weighted by Crippen LogP contribution is -2.28.